The predicted molar refractivity (Wildman–Crippen MR) is 145 cm³/mol. The van der Waals surface area contributed by atoms with Gasteiger partial charge in [0.05, 0.1) is 30.5 Å². The molecule has 1 fully saturated rings. The van der Waals surface area contributed by atoms with Crippen LogP contribution in [-0.2, 0) is 19.6 Å². The number of likely N-dealkylation sites (tertiary alicyclic amines) is 1. The van der Waals surface area contributed by atoms with Gasteiger partial charge in [-0.15, -0.1) is 0 Å². The molecule has 0 spiro atoms. The van der Waals surface area contributed by atoms with Crippen molar-refractivity contribution in [3.8, 4) is 17.2 Å². The summed E-state index contributed by atoms with van der Waals surface area (Å²) in [4.78, 5) is 31.9. The van der Waals surface area contributed by atoms with E-state index in [0.717, 1.165) is 35.9 Å². The molecule has 0 atom stereocenters. The first kappa shape index (κ1) is 26.6. The van der Waals surface area contributed by atoms with Gasteiger partial charge < -0.3 is 34.1 Å². The molecule has 0 bridgehead atoms. The number of carbonyl (C=O) groups excluding carboxylic acids is 2. The number of hydrogen-bond donors (Lipinski definition) is 2. The van der Waals surface area contributed by atoms with E-state index in [4.69, 9.17) is 9.15 Å². The predicted octanol–water partition coefficient (Wildman–Crippen LogP) is 4.37. The molecule has 5 rings (SSSR count). The Balaban J connectivity index is 1.21. The van der Waals surface area contributed by atoms with Crippen molar-refractivity contribution in [3.63, 3.8) is 0 Å². The Morgan fingerprint density at radius 2 is 1.74 bits per heavy atom. The van der Waals surface area contributed by atoms with E-state index in [9.17, 15) is 19.8 Å². The van der Waals surface area contributed by atoms with Crippen LogP contribution in [0.5, 0.6) is 17.2 Å². The molecule has 9 heteroatoms. The number of fused-ring (bicyclic) bond motifs is 1. The van der Waals surface area contributed by atoms with Crippen molar-refractivity contribution in [1.29, 1.82) is 0 Å². The van der Waals surface area contributed by atoms with Gasteiger partial charge in [-0.25, -0.2) is 0 Å². The van der Waals surface area contributed by atoms with Gasteiger partial charge in [-0.3, -0.25) is 9.59 Å². The number of rotatable bonds is 9. The van der Waals surface area contributed by atoms with E-state index in [-0.39, 0.29) is 23.4 Å². The second-order valence-electron chi connectivity index (χ2n) is 10.3. The summed E-state index contributed by atoms with van der Waals surface area (Å²) in [5.74, 6) is -0.328. The average Bonchev–Trinajstić information content (AvgIpc) is 3.61. The van der Waals surface area contributed by atoms with Crippen molar-refractivity contribution >= 4 is 11.8 Å². The minimum atomic E-state index is -0.496. The van der Waals surface area contributed by atoms with Gasteiger partial charge in [0, 0.05) is 32.7 Å². The molecule has 39 heavy (non-hydrogen) atoms. The maximum atomic E-state index is 13.4. The van der Waals surface area contributed by atoms with Gasteiger partial charge in [0.1, 0.15) is 23.0 Å². The molecule has 0 unspecified atom stereocenters. The Hall–Kier alpha value is -3.98. The highest BCUT2D eigenvalue weighted by Gasteiger charge is 2.29. The van der Waals surface area contributed by atoms with E-state index in [1.807, 2.05) is 18.2 Å². The van der Waals surface area contributed by atoms with Crippen LogP contribution in [0.15, 0.2) is 53.1 Å². The van der Waals surface area contributed by atoms with Crippen molar-refractivity contribution < 1.29 is 29.0 Å². The van der Waals surface area contributed by atoms with Gasteiger partial charge in [-0.1, -0.05) is 12.5 Å². The molecule has 2 aliphatic heterocycles. The summed E-state index contributed by atoms with van der Waals surface area (Å²) in [6.45, 7) is 4.98. The third-order valence-corrected chi connectivity index (χ3v) is 7.42. The first-order valence-corrected chi connectivity index (χ1v) is 13.5. The van der Waals surface area contributed by atoms with E-state index in [1.54, 1.807) is 24.1 Å². The molecule has 206 valence electrons. The lowest BCUT2D eigenvalue weighted by Gasteiger charge is -2.26. The number of carbonyl (C=O) groups is 2. The van der Waals surface area contributed by atoms with Crippen molar-refractivity contribution in [2.24, 2.45) is 0 Å². The van der Waals surface area contributed by atoms with Crippen molar-refractivity contribution in [3.05, 3.63) is 76.7 Å². The maximum absolute atomic E-state index is 13.4. The molecule has 2 N–H and O–H groups in total. The van der Waals surface area contributed by atoms with E-state index < -0.39 is 17.6 Å². The fourth-order valence-corrected chi connectivity index (χ4v) is 5.27. The summed E-state index contributed by atoms with van der Waals surface area (Å²) >= 11 is 0. The molecule has 1 saturated heterocycles. The average molecular weight is 534 g/mol. The minimum absolute atomic E-state index is 0.0375. The number of hydrogen-bond acceptors (Lipinski definition) is 7. The number of phenolic OH excluding ortho intramolecular Hbond substituents is 2. The number of aromatic hydroxyl groups is 2. The van der Waals surface area contributed by atoms with Crippen LogP contribution in [-0.4, -0.2) is 70.0 Å². The fraction of sp³-hybridized carbons (Fsp3) is 0.400. The molecule has 3 aromatic rings. The summed E-state index contributed by atoms with van der Waals surface area (Å²) in [5.41, 5.74) is 1.90. The van der Waals surface area contributed by atoms with Crippen LogP contribution >= 0.6 is 0 Å². The van der Waals surface area contributed by atoms with Gasteiger partial charge in [0.2, 0.25) is 0 Å². The third-order valence-electron chi connectivity index (χ3n) is 7.42. The molecule has 2 aliphatic rings. The lowest BCUT2D eigenvalue weighted by molar-refractivity contribution is 0.0748. The zero-order valence-electron chi connectivity index (χ0n) is 22.3. The van der Waals surface area contributed by atoms with Crippen LogP contribution in [0.4, 0.5) is 0 Å². The Kier molecular flexibility index (Phi) is 8.07. The van der Waals surface area contributed by atoms with Crippen LogP contribution < -0.4 is 4.74 Å². The number of nitrogens with zero attached hydrogens (tertiary/aromatic N) is 3. The Labute approximate surface area is 228 Å². The van der Waals surface area contributed by atoms with Crippen LogP contribution in [0.1, 0.15) is 63.3 Å². The number of ether oxygens (including phenoxy) is 1. The molecule has 2 amide bonds. The molecule has 0 saturated carbocycles. The standard InChI is InChI=1S/C30H35N3O6/c1-31(20-24-7-5-13-39-24)29(36)25-16-26(28(35)17-27(25)34)30(37)33-18-21-8-9-23(15-22(21)19-33)38-14-6-12-32-10-3-2-4-11-32/h5,7-9,13,15-17,34-35H,2-4,6,10-12,14,18-20H2,1H3. The lowest BCUT2D eigenvalue weighted by Crippen LogP contribution is -2.31. The highest BCUT2D eigenvalue weighted by atomic mass is 16.5. The third kappa shape index (κ3) is 6.20. The number of phenols is 2. The van der Waals surface area contributed by atoms with Crippen LogP contribution in [0.2, 0.25) is 0 Å². The van der Waals surface area contributed by atoms with Crippen molar-refractivity contribution in [2.45, 2.75) is 45.3 Å². The monoisotopic (exact) mass is 533 g/mol. The zero-order chi connectivity index (χ0) is 27.4. The summed E-state index contributed by atoms with van der Waals surface area (Å²) < 4.78 is 11.3. The highest BCUT2D eigenvalue weighted by molar-refractivity contribution is 6.03. The first-order valence-electron chi connectivity index (χ1n) is 13.5. The van der Waals surface area contributed by atoms with Gasteiger partial charge in [0.25, 0.3) is 11.8 Å². The molecule has 0 radical (unpaired) electrons. The summed E-state index contributed by atoms with van der Waals surface area (Å²) in [6.07, 6.45) is 6.38. The topological polar surface area (TPSA) is 107 Å². The second kappa shape index (κ2) is 11.8. The molecule has 3 heterocycles. The van der Waals surface area contributed by atoms with E-state index in [2.05, 4.69) is 4.90 Å². The van der Waals surface area contributed by atoms with Gasteiger partial charge >= 0.3 is 0 Å². The quantitative estimate of drug-likeness (QED) is 0.393. The lowest BCUT2D eigenvalue weighted by atomic mass is 10.1. The Bertz CT molecular complexity index is 1320. The Morgan fingerprint density at radius 1 is 0.974 bits per heavy atom. The van der Waals surface area contributed by atoms with E-state index in [1.165, 1.54) is 49.6 Å². The summed E-state index contributed by atoms with van der Waals surface area (Å²) in [5, 5.41) is 20.9. The summed E-state index contributed by atoms with van der Waals surface area (Å²) in [7, 11) is 1.57. The van der Waals surface area contributed by atoms with Gasteiger partial charge in [0.15, 0.2) is 0 Å². The Morgan fingerprint density at radius 3 is 2.51 bits per heavy atom. The fourth-order valence-electron chi connectivity index (χ4n) is 5.27. The summed E-state index contributed by atoms with van der Waals surface area (Å²) in [6, 6.07) is 11.6. The van der Waals surface area contributed by atoms with Crippen LogP contribution in [0, 0.1) is 0 Å². The van der Waals surface area contributed by atoms with Crippen molar-refractivity contribution in [2.75, 3.05) is 33.3 Å². The number of piperidine rings is 1. The van der Waals surface area contributed by atoms with Crippen LogP contribution in [0.3, 0.4) is 0 Å². The largest absolute Gasteiger partial charge is 0.507 e. The number of furan rings is 1. The molecule has 0 aliphatic carbocycles. The second-order valence-corrected chi connectivity index (χ2v) is 10.3. The van der Waals surface area contributed by atoms with Crippen LogP contribution in [0.25, 0.3) is 0 Å². The molecule has 2 aromatic carbocycles. The zero-order valence-corrected chi connectivity index (χ0v) is 22.3. The maximum Gasteiger partial charge on any atom is 0.258 e. The SMILES string of the molecule is CN(Cc1ccco1)C(=O)c1cc(C(=O)N2Cc3ccc(OCCCN4CCCCC4)cc3C2)c(O)cc1O. The van der Waals surface area contributed by atoms with E-state index >= 15 is 0 Å². The molecular weight excluding hydrogens is 498 g/mol. The smallest absolute Gasteiger partial charge is 0.258 e. The normalized spacial score (nSPS) is 15.3. The molecular formula is C30H35N3O6. The van der Waals surface area contributed by atoms with Gasteiger partial charge in [-0.05, 0) is 73.8 Å². The van der Waals surface area contributed by atoms with E-state index in [0.29, 0.717) is 25.5 Å². The van der Waals surface area contributed by atoms with Gasteiger partial charge in [-0.2, -0.15) is 0 Å². The first-order chi connectivity index (χ1) is 18.9. The highest BCUT2D eigenvalue weighted by Crippen LogP contribution is 2.33. The minimum Gasteiger partial charge on any atom is -0.507 e. The molecule has 1 aromatic heterocycles. The number of amides is 2. The molecule has 9 nitrogen and oxygen atoms in total. The number of benzene rings is 2. The van der Waals surface area contributed by atoms with Crippen molar-refractivity contribution in [1.82, 2.24) is 14.7 Å².